The number of β-amino-alcohol motifs (C(OH)–C–C–N with tert-alkyl or cyclic N) is 1. The minimum Gasteiger partial charge on any atom is -0.457 e. The van der Waals surface area contributed by atoms with Crippen molar-refractivity contribution in [1.82, 2.24) is 14.5 Å². The number of hydrogen-bond donors (Lipinski definition) is 3. The van der Waals surface area contributed by atoms with Crippen molar-refractivity contribution in [2.24, 2.45) is 5.73 Å². The highest BCUT2D eigenvalue weighted by Gasteiger charge is 2.21. The van der Waals surface area contributed by atoms with Crippen LogP contribution in [0, 0.1) is 0 Å². The van der Waals surface area contributed by atoms with Crippen molar-refractivity contribution in [1.29, 1.82) is 0 Å². The van der Waals surface area contributed by atoms with E-state index in [0.717, 1.165) is 36.9 Å². The number of hydrogen-bond acceptors (Lipinski definition) is 7. The standard InChI is InChI=1S/C31H35N5O5/c1-20(37)18-35-12-8-22(9-13-35)21-3-5-23(6-4-21)30(38)34-29-17-26(7-11-33-29)41-28-16-24-10-14-36(31(32)39)27(24)15-25(28)19-40-2/h3-7,10-11,14-17,20,22,37H,8-9,12-13,18-19H2,1-2H3,(H2,32,39)(H,33,34,38). The summed E-state index contributed by atoms with van der Waals surface area (Å²) in [5.41, 5.74) is 8.64. The number of pyridine rings is 1. The summed E-state index contributed by atoms with van der Waals surface area (Å²) in [5, 5.41) is 13.3. The first kappa shape index (κ1) is 28.3. The first-order valence-electron chi connectivity index (χ1n) is 13.7. The minimum atomic E-state index is -0.574. The third-order valence-corrected chi connectivity index (χ3v) is 7.36. The third kappa shape index (κ3) is 6.74. The zero-order valence-electron chi connectivity index (χ0n) is 23.2. The van der Waals surface area contributed by atoms with Crippen LogP contribution in [0.1, 0.15) is 47.2 Å². The second-order valence-corrected chi connectivity index (χ2v) is 10.5. The molecule has 3 heterocycles. The quantitative estimate of drug-likeness (QED) is 0.271. The number of rotatable bonds is 9. The third-order valence-electron chi connectivity index (χ3n) is 7.36. The van der Waals surface area contributed by atoms with Gasteiger partial charge in [-0.2, -0.15) is 0 Å². The van der Waals surface area contributed by atoms with Crippen molar-refractivity contribution >= 4 is 28.7 Å². The lowest BCUT2D eigenvalue weighted by Crippen LogP contribution is -2.37. The molecule has 2 amide bonds. The molecule has 1 fully saturated rings. The van der Waals surface area contributed by atoms with E-state index < -0.39 is 6.03 Å². The van der Waals surface area contributed by atoms with Crippen LogP contribution in [0.2, 0.25) is 0 Å². The topological polar surface area (TPSA) is 132 Å². The molecule has 214 valence electrons. The van der Waals surface area contributed by atoms with Crippen LogP contribution < -0.4 is 15.8 Å². The van der Waals surface area contributed by atoms with E-state index in [0.29, 0.717) is 40.9 Å². The number of fused-ring (bicyclic) bond motifs is 1. The summed E-state index contributed by atoms with van der Waals surface area (Å²) in [6.07, 6.45) is 4.93. The lowest BCUT2D eigenvalue weighted by Gasteiger charge is -2.32. The fraction of sp³-hybridized carbons (Fsp3) is 0.323. The Hall–Kier alpha value is -4.25. The average Bonchev–Trinajstić information content (AvgIpc) is 3.37. The Morgan fingerprint density at radius 3 is 2.56 bits per heavy atom. The largest absolute Gasteiger partial charge is 0.457 e. The van der Waals surface area contributed by atoms with E-state index in [1.54, 1.807) is 37.7 Å². The summed E-state index contributed by atoms with van der Waals surface area (Å²) in [5.74, 6) is 1.58. The number of nitrogens with zero attached hydrogens (tertiary/aromatic N) is 3. The Kier molecular flexibility index (Phi) is 8.63. The maximum absolute atomic E-state index is 13.0. The number of aromatic nitrogens is 2. The summed E-state index contributed by atoms with van der Waals surface area (Å²) in [7, 11) is 1.58. The number of nitrogens with one attached hydrogen (secondary N) is 1. The lowest BCUT2D eigenvalue weighted by molar-refractivity contribution is 0.102. The Labute approximate surface area is 238 Å². The highest BCUT2D eigenvalue weighted by molar-refractivity contribution is 6.03. The van der Waals surface area contributed by atoms with Crippen LogP contribution in [0.4, 0.5) is 10.6 Å². The van der Waals surface area contributed by atoms with Crippen molar-refractivity contribution in [3.05, 3.63) is 83.7 Å². The van der Waals surface area contributed by atoms with Crippen molar-refractivity contribution in [2.75, 3.05) is 32.1 Å². The Balaban J connectivity index is 1.25. The van der Waals surface area contributed by atoms with Crippen molar-refractivity contribution in [3.8, 4) is 11.5 Å². The summed E-state index contributed by atoms with van der Waals surface area (Å²) in [4.78, 5) is 31.3. The van der Waals surface area contributed by atoms with E-state index in [1.807, 2.05) is 43.3 Å². The minimum absolute atomic E-state index is 0.262. The first-order valence-corrected chi connectivity index (χ1v) is 13.7. The number of piperidine rings is 1. The van der Waals surface area contributed by atoms with Gasteiger partial charge >= 0.3 is 6.03 Å². The SMILES string of the molecule is COCc1cc2c(ccn2C(N)=O)cc1Oc1ccnc(NC(=O)c2ccc(C3CCN(CC(C)O)CC3)cc2)c1. The highest BCUT2D eigenvalue weighted by Crippen LogP contribution is 2.32. The Morgan fingerprint density at radius 2 is 1.88 bits per heavy atom. The summed E-state index contributed by atoms with van der Waals surface area (Å²) >= 11 is 0. The number of likely N-dealkylation sites (tertiary alicyclic amines) is 1. The van der Waals surface area contributed by atoms with Gasteiger partial charge in [0.25, 0.3) is 5.91 Å². The number of aliphatic hydroxyl groups excluding tert-OH is 1. The van der Waals surface area contributed by atoms with Crippen molar-refractivity contribution in [2.45, 2.75) is 38.4 Å². The normalized spacial score (nSPS) is 15.1. The molecule has 1 atom stereocenters. The molecule has 2 aromatic carbocycles. The van der Waals surface area contributed by atoms with Crippen LogP contribution in [0.25, 0.3) is 10.9 Å². The lowest BCUT2D eigenvalue weighted by atomic mass is 9.89. The molecule has 1 aliphatic heterocycles. The van der Waals surface area contributed by atoms with Gasteiger partial charge in [-0.05, 0) is 80.7 Å². The van der Waals surface area contributed by atoms with Gasteiger partial charge in [0.1, 0.15) is 17.3 Å². The van der Waals surface area contributed by atoms with Crippen LogP contribution in [-0.2, 0) is 11.3 Å². The van der Waals surface area contributed by atoms with Gasteiger partial charge in [-0.3, -0.25) is 9.36 Å². The van der Waals surface area contributed by atoms with Crippen molar-refractivity contribution in [3.63, 3.8) is 0 Å². The molecule has 4 aromatic rings. The van der Waals surface area contributed by atoms with Crippen molar-refractivity contribution < 1.29 is 24.2 Å². The fourth-order valence-electron chi connectivity index (χ4n) is 5.35. The number of methoxy groups -OCH3 is 1. The predicted octanol–water partition coefficient (Wildman–Crippen LogP) is 4.71. The van der Waals surface area contributed by atoms with Gasteiger partial charge < -0.3 is 30.5 Å². The first-order chi connectivity index (χ1) is 19.8. The van der Waals surface area contributed by atoms with Gasteiger partial charge in [0.05, 0.1) is 18.2 Å². The fourth-order valence-corrected chi connectivity index (χ4v) is 5.35. The van der Waals surface area contributed by atoms with Gasteiger partial charge in [0, 0.05) is 48.6 Å². The maximum Gasteiger partial charge on any atom is 0.323 e. The summed E-state index contributed by atoms with van der Waals surface area (Å²) < 4.78 is 12.9. The summed E-state index contributed by atoms with van der Waals surface area (Å²) in [6, 6.07) is 15.9. The molecule has 41 heavy (non-hydrogen) atoms. The smallest absolute Gasteiger partial charge is 0.323 e. The number of amides is 2. The molecular formula is C31H35N5O5. The number of nitrogens with two attached hydrogens (primary N) is 1. The Bertz CT molecular complexity index is 1520. The molecule has 4 N–H and O–H groups in total. The molecular weight excluding hydrogens is 522 g/mol. The molecule has 10 heteroatoms. The molecule has 2 aromatic heterocycles. The Morgan fingerprint density at radius 1 is 1.12 bits per heavy atom. The molecule has 1 aliphatic rings. The molecule has 1 saturated heterocycles. The second kappa shape index (κ2) is 12.5. The average molecular weight is 558 g/mol. The van der Waals surface area contributed by atoms with Gasteiger partial charge in [-0.25, -0.2) is 9.78 Å². The predicted molar refractivity (Wildman–Crippen MR) is 156 cm³/mol. The number of carbonyl (C=O) groups excluding carboxylic acids is 2. The second-order valence-electron chi connectivity index (χ2n) is 10.5. The van der Waals surface area contributed by atoms with E-state index in [2.05, 4.69) is 15.2 Å². The molecule has 10 nitrogen and oxygen atoms in total. The monoisotopic (exact) mass is 557 g/mol. The van der Waals surface area contributed by atoms with Crippen LogP contribution in [0.3, 0.4) is 0 Å². The summed E-state index contributed by atoms with van der Waals surface area (Å²) in [6.45, 7) is 4.72. The molecule has 0 bridgehead atoms. The van der Waals surface area contributed by atoms with E-state index in [-0.39, 0.29) is 18.6 Å². The molecule has 0 aliphatic carbocycles. The number of primary amides is 1. The van der Waals surface area contributed by atoms with E-state index in [4.69, 9.17) is 15.2 Å². The zero-order chi connectivity index (χ0) is 28.9. The molecule has 0 spiro atoms. The van der Waals surface area contributed by atoms with E-state index in [1.165, 1.54) is 10.1 Å². The van der Waals surface area contributed by atoms with Crippen LogP contribution in [-0.4, -0.2) is 64.3 Å². The van der Waals surface area contributed by atoms with E-state index >= 15 is 0 Å². The molecule has 0 saturated carbocycles. The molecule has 5 rings (SSSR count). The number of anilines is 1. The number of ether oxygens (including phenoxy) is 2. The number of carbonyl (C=O) groups is 2. The van der Waals surface area contributed by atoms with Gasteiger partial charge in [-0.15, -0.1) is 0 Å². The van der Waals surface area contributed by atoms with Gasteiger partial charge in [-0.1, -0.05) is 12.1 Å². The highest BCUT2D eigenvalue weighted by atomic mass is 16.5. The molecule has 0 radical (unpaired) electrons. The van der Waals surface area contributed by atoms with Crippen LogP contribution in [0.5, 0.6) is 11.5 Å². The number of aliphatic hydroxyl groups is 1. The van der Waals surface area contributed by atoms with Gasteiger partial charge in [0.15, 0.2) is 0 Å². The van der Waals surface area contributed by atoms with E-state index in [9.17, 15) is 14.7 Å². The number of benzene rings is 2. The zero-order valence-corrected chi connectivity index (χ0v) is 23.2. The molecule has 1 unspecified atom stereocenters. The maximum atomic E-state index is 13.0. The van der Waals surface area contributed by atoms with Crippen LogP contribution >= 0.6 is 0 Å². The van der Waals surface area contributed by atoms with Gasteiger partial charge in [0.2, 0.25) is 0 Å². The van der Waals surface area contributed by atoms with Crippen LogP contribution in [0.15, 0.2) is 67.0 Å².